The molecule has 1 unspecified atom stereocenters. The van der Waals surface area contributed by atoms with Gasteiger partial charge in [-0.25, -0.2) is 0 Å². The molecule has 32 heavy (non-hydrogen) atoms. The lowest BCUT2D eigenvalue weighted by Gasteiger charge is -2.58. The molecule has 11 heteroatoms. The zero-order valence-corrected chi connectivity index (χ0v) is 17.9. The van der Waals surface area contributed by atoms with Crippen LogP contribution in [0.2, 0.25) is 0 Å². The Morgan fingerprint density at radius 1 is 0.875 bits per heavy atom. The van der Waals surface area contributed by atoms with E-state index in [-0.39, 0.29) is 5.56 Å². The van der Waals surface area contributed by atoms with Crippen LogP contribution in [0.1, 0.15) is 38.1 Å². The number of nitrogens with one attached hydrogen (secondary N) is 1. The van der Waals surface area contributed by atoms with Gasteiger partial charge in [-0.05, 0) is 39.8 Å². The normalized spacial score (nSPS) is 33.1. The molecule has 0 aliphatic carbocycles. The number of aliphatic hydroxyl groups is 4. The number of ether oxygens (including phenoxy) is 1. The first-order chi connectivity index (χ1) is 14.7. The van der Waals surface area contributed by atoms with E-state index in [1.807, 2.05) is 0 Å². The molecule has 0 aromatic heterocycles. The molecule has 0 radical (unpaired) electrons. The van der Waals surface area contributed by atoms with E-state index < -0.39 is 64.3 Å². The second kappa shape index (κ2) is 8.60. The van der Waals surface area contributed by atoms with Gasteiger partial charge in [0.15, 0.2) is 35.0 Å². The van der Waals surface area contributed by atoms with E-state index in [1.54, 1.807) is 6.07 Å². The summed E-state index contributed by atoms with van der Waals surface area (Å²) in [5, 5.41) is 46.3. The molecule has 1 aromatic carbocycles. The maximum atomic E-state index is 12.7. The lowest BCUT2D eigenvalue weighted by atomic mass is 9.59. The van der Waals surface area contributed by atoms with Crippen LogP contribution in [-0.4, -0.2) is 84.7 Å². The third-order valence-corrected chi connectivity index (χ3v) is 5.76. The molecule has 6 atom stereocenters. The number of carbonyl (C=O) groups excluding carboxylic acids is 5. The van der Waals surface area contributed by atoms with Gasteiger partial charge in [0.1, 0.15) is 12.2 Å². The van der Waals surface area contributed by atoms with Gasteiger partial charge in [0.05, 0.1) is 0 Å². The minimum Gasteiger partial charge on any atom is -0.382 e. The van der Waals surface area contributed by atoms with Crippen molar-refractivity contribution < 1.29 is 49.1 Å². The molecule has 5 N–H and O–H groups in total. The molecule has 174 valence electrons. The van der Waals surface area contributed by atoms with Crippen LogP contribution >= 0.6 is 0 Å². The highest BCUT2D eigenvalue weighted by molar-refractivity contribution is 6.06. The van der Waals surface area contributed by atoms with Gasteiger partial charge >= 0.3 is 0 Å². The molecule has 1 fully saturated rings. The highest BCUT2D eigenvalue weighted by Crippen LogP contribution is 2.47. The zero-order valence-electron chi connectivity index (χ0n) is 17.9. The highest BCUT2D eigenvalue weighted by atomic mass is 16.6. The molecule has 0 saturated carbocycles. The summed E-state index contributed by atoms with van der Waals surface area (Å²) < 4.78 is 5.34. The third kappa shape index (κ3) is 3.48. The molecular formula is C21H25NO10. The fourth-order valence-corrected chi connectivity index (χ4v) is 3.91. The fourth-order valence-electron chi connectivity index (χ4n) is 3.91. The second-order valence-corrected chi connectivity index (χ2v) is 7.74. The Kier molecular flexibility index (Phi) is 6.84. The van der Waals surface area contributed by atoms with Crippen molar-refractivity contribution in [2.45, 2.75) is 62.9 Å². The van der Waals surface area contributed by atoms with Gasteiger partial charge in [-0.3, -0.25) is 24.0 Å². The summed E-state index contributed by atoms with van der Waals surface area (Å²) in [5.41, 5.74) is -10.4. The Labute approximate surface area is 183 Å². The molecular weight excluding hydrogens is 426 g/mol. The number of carbonyl (C=O) groups is 5. The van der Waals surface area contributed by atoms with E-state index in [0.717, 1.165) is 13.8 Å². The molecule has 1 heterocycles. The lowest BCUT2D eigenvalue weighted by molar-refractivity contribution is -0.329. The van der Waals surface area contributed by atoms with Crippen LogP contribution in [0.25, 0.3) is 0 Å². The summed E-state index contributed by atoms with van der Waals surface area (Å²) >= 11 is 0. The Morgan fingerprint density at radius 3 is 1.78 bits per heavy atom. The summed E-state index contributed by atoms with van der Waals surface area (Å²) in [4.78, 5) is 62.1. The van der Waals surface area contributed by atoms with E-state index in [4.69, 9.17) is 4.74 Å². The van der Waals surface area contributed by atoms with Gasteiger partial charge in [0.2, 0.25) is 11.2 Å². The van der Waals surface area contributed by atoms with Gasteiger partial charge < -0.3 is 30.5 Å². The number of benzene rings is 1. The Hall–Kier alpha value is -2.83. The Balaban J connectivity index is 2.78. The summed E-state index contributed by atoms with van der Waals surface area (Å²) in [6, 6.07) is 7.37. The minimum atomic E-state index is -3.61. The lowest BCUT2D eigenvalue weighted by Crippen LogP contribution is -2.88. The summed E-state index contributed by atoms with van der Waals surface area (Å²) in [6.45, 7) is 3.01. The molecule has 2 rings (SSSR count). The molecule has 1 aliphatic rings. The van der Waals surface area contributed by atoms with Crippen molar-refractivity contribution in [3.63, 3.8) is 0 Å². The maximum absolute atomic E-state index is 12.7. The smallest absolute Gasteiger partial charge is 0.253 e. The van der Waals surface area contributed by atoms with Crippen LogP contribution < -0.4 is 5.32 Å². The average molecular weight is 451 g/mol. The Morgan fingerprint density at radius 2 is 1.38 bits per heavy atom. The van der Waals surface area contributed by atoms with Gasteiger partial charge in [-0.15, -0.1) is 0 Å². The molecule has 1 amide bonds. The predicted octanol–water partition coefficient (Wildman–Crippen LogP) is -1.95. The molecule has 0 bridgehead atoms. The number of rotatable bonds is 7. The topological polar surface area (TPSA) is 188 Å². The summed E-state index contributed by atoms with van der Waals surface area (Å²) in [7, 11) is 0. The van der Waals surface area contributed by atoms with E-state index in [2.05, 4.69) is 5.32 Å². The van der Waals surface area contributed by atoms with Crippen molar-refractivity contribution in [1.82, 2.24) is 5.32 Å². The highest BCUT2D eigenvalue weighted by Gasteiger charge is 2.79. The van der Waals surface area contributed by atoms with Gasteiger partial charge in [-0.2, -0.15) is 0 Å². The predicted molar refractivity (Wildman–Crippen MR) is 106 cm³/mol. The maximum Gasteiger partial charge on any atom is 0.253 e. The number of hydrogen-bond donors (Lipinski definition) is 5. The number of amides is 1. The van der Waals surface area contributed by atoms with E-state index >= 15 is 0 Å². The van der Waals surface area contributed by atoms with E-state index in [9.17, 15) is 44.4 Å². The minimum absolute atomic E-state index is 0.0319. The van der Waals surface area contributed by atoms with Crippen molar-refractivity contribution in [3.05, 3.63) is 35.9 Å². The fraction of sp³-hybridized carbons (Fsp3) is 0.476. The first-order valence-electron chi connectivity index (χ1n) is 9.57. The first kappa shape index (κ1) is 25.4. The zero-order chi connectivity index (χ0) is 24.6. The largest absolute Gasteiger partial charge is 0.382 e. The van der Waals surface area contributed by atoms with Gasteiger partial charge in [-0.1, -0.05) is 18.2 Å². The molecule has 1 aromatic rings. The van der Waals surface area contributed by atoms with Crippen LogP contribution in [-0.2, 0) is 23.9 Å². The monoisotopic (exact) mass is 451 g/mol. The van der Waals surface area contributed by atoms with Crippen LogP contribution in [0, 0.1) is 0 Å². The van der Waals surface area contributed by atoms with Crippen molar-refractivity contribution in [3.8, 4) is 0 Å². The van der Waals surface area contributed by atoms with Crippen molar-refractivity contribution in [2.24, 2.45) is 0 Å². The van der Waals surface area contributed by atoms with Gasteiger partial charge in [0.25, 0.3) is 5.91 Å². The third-order valence-electron chi connectivity index (χ3n) is 5.76. The van der Waals surface area contributed by atoms with Crippen molar-refractivity contribution in [1.29, 1.82) is 0 Å². The Bertz CT molecular complexity index is 963. The quantitative estimate of drug-likeness (QED) is 0.312. The van der Waals surface area contributed by atoms with Crippen LogP contribution in [0.4, 0.5) is 0 Å². The van der Waals surface area contributed by atoms with E-state index in [1.165, 1.54) is 24.3 Å². The molecule has 11 nitrogen and oxygen atoms in total. The molecule has 0 spiro atoms. The number of aliphatic hydroxyl groups excluding tert-OH is 1. The van der Waals surface area contributed by atoms with Crippen LogP contribution in [0.15, 0.2) is 30.3 Å². The van der Waals surface area contributed by atoms with Crippen LogP contribution in [0.3, 0.4) is 0 Å². The number of Topliss-reactive ketones (excluding diaryl/α,β-unsaturated/α-hetero) is 4. The molecule has 1 saturated heterocycles. The first-order valence-corrected chi connectivity index (χ1v) is 9.57. The van der Waals surface area contributed by atoms with Crippen LogP contribution in [0.5, 0.6) is 0 Å². The van der Waals surface area contributed by atoms with E-state index in [0.29, 0.717) is 13.8 Å². The van der Waals surface area contributed by atoms with Gasteiger partial charge in [0, 0.05) is 5.56 Å². The number of hydrogen-bond acceptors (Lipinski definition) is 10. The van der Waals surface area contributed by atoms with Crippen molar-refractivity contribution in [2.75, 3.05) is 0 Å². The molecule has 1 aliphatic heterocycles. The summed E-state index contributed by atoms with van der Waals surface area (Å²) in [6.07, 6.45) is -6.85. The second-order valence-electron chi connectivity index (χ2n) is 7.74. The average Bonchev–Trinajstić information content (AvgIpc) is 2.73. The standard InChI is InChI=1S/C21H25NO10/c1-10(23)15(27)16-19(29,11(2)24)21(31,13(4)26)20(30,12(3)25)18(32-16)22-17(28)14-8-6-5-7-9-14/h5-9,15-16,18,27,29-31H,1-4H3,(H,22,28)/t15?,16-,18-,19-,20-,21+/m1/s1. The summed E-state index contributed by atoms with van der Waals surface area (Å²) in [5.74, 6) is -6.12. The van der Waals surface area contributed by atoms with Crippen molar-refractivity contribution >= 4 is 29.0 Å². The number of ketones is 4. The SMILES string of the molecule is CC(=O)C(O)[C@H]1O[C@@H](NC(=O)c2ccccc2)[C@](O)(C(C)=O)[C@](O)(C(C)=O)[C@@]1(O)C(C)=O.